The van der Waals surface area contributed by atoms with Gasteiger partial charge >= 0.3 is 0 Å². The van der Waals surface area contributed by atoms with Crippen molar-refractivity contribution in [3.05, 3.63) is 107 Å². The molecule has 3 N–H and O–H groups in total. The Morgan fingerprint density at radius 3 is 1.80 bits per heavy atom. The number of benzene rings is 2. The van der Waals surface area contributed by atoms with E-state index in [1.54, 1.807) is 53.4 Å². The Balaban J connectivity index is 0.000000246. The van der Waals surface area contributed by atoms with Crippen LogP contribution >= 0.6 is 0 Å². The van der Waals surface area contributed by atoms with E-state index in [9.17, 15) is 24.3 Å². The zero-order chi connectivity index (χ0) is 43.1. The maximum absolute atomic E-state index is 13.3. The molecule has 2 aromatic heterocycles. The normalized spacial score (nSPS) is 18.5. The van der Waals surface area contributed by atoms with Crippen molar-refractivity contribution in [1.29, 1.82) is 10.5 Å². The molecule has 4 amide bonds. The Labute approximate surface area is 345 Å². The molecule has 0 spiro atoms. The Morgan fingerprint density at radius 2 is 1.32 bits per heavy atom. The average Bonchev–Trinajstić information content (AvgIpc) is 4.07. The predicted octanol–water partition coefficient (Wildman–Crippen LogP) is 5.50. The molecular formula is C44H54N8O7. The SMILES string of the molecule is CC(NC(=O)C1CCCN1C(=O)Cc1ccno1)c1ccc(C#N)cc1.CC(NC(=O)C1C[C@@H](O)CN1C(=O)C(c1ccno1)C(C)C)c1ccc(C#N)cc1.CCC. The van der Waals surface area contributed by atoms with Crippen molar-refractivity contribution < 1.29 is 33.3 Å². The molecule has 2 aliphatic rings. The van der Waals surface area contributed by atoms with Gasteiger partial charge in [0.05, 0.1) is 60.3 Å². The number of carbonyl (C=O) groups excluding carboxylic acids is 4. The minimum absolute atomic E-state index is 0.0653. The van der Waals surface area contributed by atoms with Gasteiger partial charge in [0.1, 0.15) is 29.5 Å². The molecule has 6 atom stereocenters. The molecule has 15 nitrogen and oxygen atoms in total. The van der Waals surface area contributed by atoms with Gasteiger partial charge in [0.15, 0.2) is 0 Å². The van der Waals surface area contributed by atoms with Gasteiger partial charge in [-0.05, 0) is 68.0 Å². The first-order valence-corrected chi connectivity index (χ1v) is 20.0. The van der Waals surface area contributed by atoms with Crippen molar-refractivity contribution in [2.45, 2.75) is 110 Å². The van der Waals surface area contributed by atoms with Crippen LogP contribution in [0.5, 0.6) is 0 Å². The lowest BCUT2D eigenvalue weighted by atomic mass is 9.91. The second kappa shape index (κ2) is 22.0. The van der Waals surface area contributed by atoms with E-state index in [0.717, 1.165) is 17.5 Å². The van der Waals surface area contributed by atoms with Crippen LogP contribution in [0.1, 0.15) is 119 Å². The molecule has 4 aromatic rings. The Hall–Kier alpha value is -6.32. The summed E-state index contributed by atoms with van der Waals surface area (Å²) in [7, 11) is 0. The van der Waals surface area contributed by atoms with Gasteiger partial charge in [-0.25, -0.2) is 0 Å². The highest BCUT2D eigenvalue weighted by molar-refractivity contribution is 5.91. The smallest absolute Gasteiger partial charge is 0.243 e. The number of carbonyl (C=O) groups is 4. The van der Waals surface area contributed by atoms with Crippen LogP contribution in [0.15, 0.2) is 82.1 Å². The number of hydrogen-bond acceptors (Lipinski definition) is 11. The van der Waals surface area contributed by atoms with Crippen LogP contribution in [0, 0.1) is 28.6 Å². The molecule has 15 heteroatoms. The quantitative estimate of drug-likeness (QED) is 0.172. The lowest BCUT2D eigenvalue weighted by Gasteiger charge is -2.29. The second-order valence-corrected chi connectivity index (χ2v) is 15.1. The van der Waals surface area contributed by atoms with Crippen molar-refractivity contribution in [3.63, 3.8) is 0 Å². The number of β-amino-alcohol motifs (C(OH)–C–C–N with tert-alkyl or cyclic N) is 1. The number of nitrogens with zero attached hydrogens (tertiary/aromatic N) is 6. The summed E-state index contributed by atoms with van der Waals surface area (Å²) in [6.07, 6.45) is 5.20. The molecule has 2 saturated heterocycles. The number of nitriles is 2. The highest BCUT2D eigenvalue weighted by Gasteiger charge is 2.43. The summed E-state index contributed by atoms with van der Waals surface area (Å²) in [5.41, 5.74) is 2.88. The number of rotatable bonds is 11. The topological polar surface area (TPSA) is 219 Å². The van der Waals surface area contributed by atoms with Crippen LogP contribution in [0.3, 0.4) is 0 Å². The van der Waals surface area contributed by atoms with Crippen LogP contribution in [0.25, 0.3) is 0 Å². The summed E-state index contributed by atoms with van der Waals surface area (Å²) in [6.45, 7) is 12.4. The van der Waals surface area contributed by atoms with Gasteiger partial charge in [-0.1, -0.05) is 68.7 Å². The third kappa shape index (κ3) is 12.3. The Bertz CT molecular complexity index is 2040. The van der Waals surface area contributed by atoms with Crippen molar-refractivity contribution in [1.82, 2.24) is 30.7 Å². The summed E-state index contributed by atoms with van der Waals surface area (Å²) in [4.78, 5) is 54.5. The number of nitrogens with one attached hydrogen (secondary N) is 2. The first-order chi connectivity index (χ1) is 28.3. The fraction of sp³-hybridized carbons (Fsp3) is 0.455. The molecule has 6 rings (SSSR count). The van der Waals surface area contributed by atoms with E-state index in [1.165, 1.54) is 23.7 Å². The third-order valence-corrected chi connectivity index (χ3v) is 10.1. The molecule has 2 aromatic carbocycles. The molecule has 59 heavy (non-hydrogen) atoms. The monoisotopic (exact) mass is 806 g/mol. The third-order valence-electron chi connectivity index (χ3n) is 10.1. The van der Waals surface area contributed by atoms with Gasteiger partial charge in [-0.15, -0.1) is 0 Å². The summed E-state index contributed by atoms with van der Waals surface area (Å²) in [5, 5.41) is 41.2. The Morgan fingerprint density at radius 1 is 0.797 bits per heavy atom. The lowest BCUT2D eigenvalue weighted by Crippen LogP contribution is -2.48. The molecule has 0 saturated carbocycles. The van der Waals surface area contributed by atoms with Gasteiger partial charge in [0.2, 0.25) is 23.6 Å². The number of aliphatic hydroxyl groups excluding tert-OH is 1. The first-order valence-electron chi connectivity index (χ1n) is 20.0. The van der Waals surface area contributed by atoms with E-state index in [4.69, 9.17) is 19.6 Å². The number of likely N-dealkylation sites (tertiary alicyclic amines) is 2. The van der Waals surface area contributed by atoms with E-state index in [1.807, 2.05) is 39.8 Å². The van der Waals surface area contributed by atoms with Crippen LogP contribution in [-0.4, -0.2) is 80.1 Å². The van der Waals surface area contributed by atoms with E-state index < -0.39 is 24.1 Å². The molecule has 2 fully saturated rings. The summed E-state index contributed by atoms with van der Waals surface area (Å²) in [5.74, 6) is -0.584. The van der Waals surface area contributed by atoms with Gasteiger partial charge in [0, 0.05) is 31.6 Å². The highest BCUT2D eigenvalue weighted by Crippen LogP contribution is 2.31. The number of amides is 4. The zero-order valence-corrected chi connectivity index (χ0v) is 34.5. The zero-order valence-electron chi connectivity index (χ0n) is 34.5. The van der Waals surface area contributed by atoms with Crippen LogP contribution < -0.4 is 10.6 Å². The van der Waals surface area contributed by atoms with E-state index in [2.05, 4.69) is 46.9 Å². The molecule has 0 bridgehead atoms. The van der Waals surface area contributed by atoms with E-state index in [-0.39, 0.29) is 61.0 Å². The number of aliphatic hydroxyl groups is 1. The standard InChI is InChI=1S/C22H26N4O4.C19H20N4O3.C3H8/c1-13(2)20(19-8-9-24-30-19)22(29)26-12-17(27)10-18(26)21(28)25-14(3)16-6-4-15(11-23)5-7-16;1-13(15-6-4-14(12-20)5-7-15)22-19(25)17-3-2-10-23(17)18(24)11-16-8-9-21-26-16;1-3-2/h4-9,13-14,17-18,20,27H,10,12H2,1-3H3,(H,25,28);4-9,13,17H,2-3,10-11H2,1H3,(H,22,25);3H2,1-2H3/t14?,17-,18?,20?;;/m1../s1. The summed E-state index contributed by atoms with van der Waals surface area (Å²) < 4.78 is 10.2. The van der Waals surface area contributed by atoms with Gasteiger partial charge < -0.3 is 34.6 Å². The molecule has 5 unspecified atom stereocenters. The lowest BCUT2D eigenvalue weighted by molar-refractivity contribution is -0.141. The average molecular weight is 807 g/mol. The molecule has 0 aliphatic carbocycles. The minimum atomic E-state index is -0.766. The molecule has 4 heterocycles. The van der Waals surface area contributed by atoms with E-state index >= 15 is 0 Å². The molecule has 2 aliphatic heterocycles. The molecular weight excluding hydrogens is 753 g/mol. The van der Waals surface area contributed by atoms with Gasteiger partial charge in [-0.2, -0.15) is 10.5 Å². The largest absolute Gasteiger partial charge is 0.391 e. The molecule has 0 radical (unpaired) electrons. The second-order valence-electron chi connectivity index (χ2n) is 15.1. The maximum atomic E-state index is 13.3. The highest BCUT2D eigenvalue weighted by atomic mass is 16.5. The van der Waals surface area contributed by atoms with Crippen molar-refractivity contribution in [3.8, 4) is 12.1 Å². The first kappa shape index (κ1) is 45.4. The molecule has 312 valence electrons. The fourth-order valence-corrected chi connectivity index (χ4v) is 7.01. The maximum Gasteiger partial charge on any atom is 0.243 e. The van der Waals surface area contributed by atoms with Gasteiger partial charge in [0.25, 0.3) is 0 Å². The van der Waals surface area contributed by atoms with Gasteiger partial charge in [-0.3, -0.25) is 19.2 Å². The fourth-order valence-electron chi connectivity index (χ4n) is 7.01. The Kier molecular flexibility index (Phi) is 16.9. The minimum Gasteiger partial charge on any atom is -0.391 e. The van der Waals surface area contributed by atoms with Crippen molar-refractivity contribution in [2.75, 3.05) is 13.1 Å². The van der Waals surface area contributed by atoms with E-state index in [0.29, 0.717) is 35.6 Å². The van der Waals surface area contributed by atoms with Crippen molar-refractivity contribution >= 4 is 23.6 Å². The van der Waals surface area contributed by atoms with Crippen LogP contribution in [-0.2, 0) is 25.6 Å². The van der Waals surface area contributed by atoms with Crippen LogP contribution in [0.2, 0.25) is 0 Å². The summed E-state index contributed by atoms with van der Waals surface area (Å²) >= 11 is 0. The summed E-state index contributed by atoms with van der Waals surface area (Å²) in [6, 6.07) is 19.7. The van der Waals surface area contributed by atoms with Crippen molar-refractivity contribution in [2.24, 2.45) is 5.92 Å². The predicted molar refractivity (Wildman–Crippen MR) is 217 cm³/mol. The van der Waals surface area contributed by atoms with Crippen LogP contribution in [0.4, 0.5) is 0 Å². The number of hydrogen-bond donors (Lipinski definition) is 3. The number of aromatic nitrogens is 2.